The Labute approximate surface area is 180 Å². The number of aromatic nitrogens is 1. The van der Waals surface area contributed by atoms with E-state index in [0.29, 0.717) is 49.1 Å². The fourth-order valence-electron chi connectivity index (χ4n) is 3.66. The molecule has 3 aromatic rings. The Balaban J connectivity index is 1.36. The molecule has 0 saturated carbocycles. The summed E-state index contributed by atoms with van der Waals surface area (Å²) in [6.07, 6.45) is 1.69. The van der Waals surface area contributed by atoms with Gasteiger partial charge in [0.05, 0.1) is 18.9 Å². The highest BCUT2D eigenvalue weighted by atomic mass is 19.1. The van der Waals surface area contributed by atoms with Gasteiger partial charge < -0.3 is 24.3 Å². The standard InChI is InChI=1S/C23H25FN4O3/c1-16-25-15-22(31-16)19-8-7-18(13-21(19)30-2)27-9-11-28(12-10-27)23(29)26-14-17-5-3-4-6-20(17)24/h3-8,13,15H,9-12,14H2,1-2H3,(H,26,29). The average molecular weight is 424 g/mol. The Hall–Kier alpha value is -3.55. The lowest BCUT2D eigenvalue weighted by Crippen LogP contribution is -2.51. The highest BCUT2D eigenvalue weighted by molar-refractivity contribution is 5.75. The molecule has 1 aliphatic rings. The van der Waals surface area contributed by atoms with Crippen LogP contribution in [-0.2, 0) is 6.54 Å². The van der Waals surface area contributed by atoms with E-state index in [-0.39, 0.29) is 18.4 Å². The van der Waals surface area contributed by atoms with E-state index in [2.05, 4.69) is 15.2 Å². The molecule has 8 heteroatoms. The van der Waals surface area contributed by atoms with Crippen LogP contribution in [-0.4, -0.2) is 49.2 Å². The van der Waals surface area contributed by atoms with E-state index in [1.165, 1.54) is 6.07 Å². The van der Waals surface area contributed by atoms with Crippen molar-refractivity contribution in [3.63, 3.8) is 0 Å². The molecule has 1 fully saturated rings. The van der Waals surface area contributed by atoms with Gasteiger partial charge in [-0.1, -0.05) is 18.2 Å². The summed E-state index contributed by atoms with van der Waals surface area (Å²) in [5, 5.41) is 2.80. The van der Waals surface area contributed by atoms with E-state index in [4.69, 9.17) is 9.15 Å². The number of carbonyl (C=O) groups excluding carboxylic acids is 1. The van der Waals surface area contributed by atoms with E-state index in [0.717, 1.165) is 11.3 Å². The lowest BCUT2D eigenvalue weighted by atomic mass is 10.1. The maximum Gasteiger partial charge on any atom is 0.317 e. The van der Waals surface area contributed by atoms with Gasteiger partial charge in [-0.2, -0.15) is 0 Å². The summed E-state index contributed by atoms with van der Waals surface area (Å²) in [6.45, 7) is 4.51. The van der Waals surface area contributed by atoms with Crippen molar-refractivity contribution in [2.75, 3.05) is 38.2 Å². The third kappa shape index (κ3) is 4.63. The Morgan fingerprint density at radius 1 is 1.19 bits per heavy atom. The van der Waals surface area contributed by atoms with Gasteiger partial charge in [0.1, 0.15) is 11.6 Å². The summed E-state index contributed by atoms with van der Waals surface area (Å²) >= 11 is 0. The van der Waals surface area contributed by atoms with E-state index in [1.54, 1.807) is 43.3 Å². The number of hydrogen-bond acceptors (Lipinski definition) is 5. The zero-order valence-electron chi connectivity index (χ0n) is 17.6. The molecule has 0 unspecified atom stereocenters. The highest BCUT2D eigenvalue weighted by Gasteiger charge is 2.22. The largest absolute Gasteiger partial charge is 0.496 e. The number of urea groups is 1. The molecule has 0 radical (unpaired) electrons. The van der Waals surface area contributed by atoms with Crippen molar-refractivity contribution in [1.29, 1.82) is 0 Å². The van der Waals surface area contributed by atoms with Crippen molar-refractivity contribution < 1.29 is 18.3 Å². The SMILES string of the molecule is COc1cc(N2CCN(C(=O)NCc3ccccc3F)CC2)ccc1-c1cnc(C)o1. The van der Waals surface area contributed by atoms with Gasteiger partial charge >= 0.3 is 6.03 Å². The summed E-state index contributed by atoms with van der Waals surface area (Å²) in [6, 6.07) is 12.2. The number of anilines is 1. The number of methoxy groups -OCH3 is 1. The fraction of sp³-hybridized carbons (Fsp3) is 0.304. The van der Waals surface area contributed by atoms with Gasteiger partial charge in [0.2, 0.25) is 0 Å². The van der Waals surface area contributed by atoms with Crippen LogP contribution in [0.4, 0.5) is 14.9 Å². The molecule has 0 bridgehead atoms. The van der Waals surface area contributed by atoms with Crippen molar-refractivity contribution in [3.8, 4) is 17.1 Å². The second kappa shape index (κ2) is 9.07. The van der Waals surface area contributed by atoms with Crippen molar-refractivity contribution in [2.24, 2.45) is 0 Å². The summed E-state index contributed by atoms with van der Waals surface area (Å²) in [7, 11) is 1.63. The highest BCUT2D eigenvalue weighted by Crippen LogP contribution is 2.34. The number of carbonyl (C=O) groups is 1. The second-order valence-electron chi connectivity index (χ2n) is 7.35. The van der Waals surface area contributed by atoms with Crippen molar-refractivity contribution >= 4 is 11.7 Å². The average Bonchev–Trinajstić information content (AvgIpc) is 3.24. The zero-order chi connectivity index (χ0) is 21.8. The molecule has 1 saturated heterocycles. The first-order chi connectivity index (χ1) is 15.0. The van der Waals surface area contributed by atoms with Gasteiger partial charge in [0, 0.05) is 57.0 Å². The number of halogens is 1. The van der Waals surface area contributed by atoms with E-state index < -0.39 is 0 Å². The topological polar surface area (TPSA) is 70.8 Å². The molecule has 1 aromatic heterocycles. The first kappa shape index (κ1) is 20.7. The van der Waals surface area contributed by atoms with Crippen molar-refractivity contribution in [3.05, 3.63) is 65.9 Å². The minimum Gasteiger partial charge on any atom is -0.496 e. The number of ether oxygens (including phenoxy) is 1. The molecule has 1 aliphatic heterocycles. The predicted molar refractivity (Wildman–Crippen MR) is 116 cm³/mol. The molecule has 0 aliphatic carbocycles. The third-order valence-electron chi connectivity index (χ3n) is 5.39. The van der Waals surface area contributed by atoms with Crippen LogP contribution >= 0.6 is 0 Å². The van der Waals surface area contributed by atoms with Crippen LogP contribution in [0.3, 0.4) is 0 Å². The van der Waals surface area contributed by atoms with Crippen LogP contribution in [0.15, 0.2) is 53.1 Å². The smallest absolute Gasteiger partial charge is 0.317 e. The number of oxazole rings is 1. The predicted octanol–water partition coefficient (Wildman–Crippen LogP) is 3.83. The number of piperazine rings is 1. The molecule has 2 amide bonds. The van der Waals surface area contributed by atoms with Crippen LogP contribution in [0.2, 0.25) is 0 Å². The monoisotopic (exact) mass is 424 g/mol. The molecule has 4 rings (SSSR count). The second-order valence-corrected chi connectivity index (χ2v) is 7.35. The number of benzene rings is 2. The summed E-state index contributed by atoms with van der Waals surface area (Å²) in [5.74, 6) is 1.66. The van der Waals surface area contributed by atoms with Crippen LogP contribution in [0.5, 0.6) is 5.75 Å². The van der Waals surface area contributed by atoms with Gasteiger partial charge in [-0.05, 0) is 18.2 Å². The number of amides is 2. The van der Waals surface area contributed by atoms with Crippen molar-refractivity contribution in [2.45, 2.75) is 13.5 Å². The van der Waals surface area contributed by atoms with Gasteiger partial charge in [-0.3, -0.25) is 0 Å². The van der Waals surface area contributed by atoms with Gasteiger partial charge in [0.25, 0.3) is 0 Å². The molecule has 0 spiro atoms. The molecular weight excluding hydrogens is 399 g/mol. The zero-order valence-corrected chi connectivity index (χ0v) is 17.6. The summed E-state index contributed by atoms with van der Waals surface area (Å²) in [4.78, 5) is 20.6. The Morgan fingerprint density at radius 3 is 2.65 bits per heavy atom. The van der Waals surface area contributed by atoms with Crippen molar-refractivity contribution in [1.82, 2.24) is 15.2 Å². The molecule has 2 heterocycles. The fourth-order valence-corrected chi connectivity index (χ4v) is 3.66. The molecule has 2 aromatic carbocycles. The molecule has 31 heavy (non-hydrogen) atoms. The molecule has 0 atom stereocenters. The van der Waals surface area contributed by atoms with E-state index in [9.17, 15) is 9.18 Å². The lowest BCUT2D eigenvalue weighted by Gasteiger charge is -2.36. The molecule has 162 valence electrons. The number of nitrogens with zero attached hydrogens (tertiary/aromatic N) is 3. The maximum atomic E-state index is 13.7. The quantitative estimate of drug-likeness (QED) is 0.674. The van der Waals surface area contributed by atoms with Crippen LogP contribution in [0.1, 0.15) is 11.5 Å². The first-order valence-electron chi connectivity index (χ1n) is 10.2. The maximum absolute atomic E-state index is 13.7. The summed E-state index contributed by atoms with van der Waals surface area (Å²) in [5.41, 5.74) is 2.34. The minimum absolute atomic E-state index is 0.172. The Bertz CT molecular complexity index is 1060. The lowest BCUT2D eigenvalue weighted by molar-refractivity contribution is 0.194. The van der Waals surface area contributed by atoms with E-state index in [1.807, 2.05) is 18.2 Å². The Morgan fingerprint density at radius 2 is 1.97 bits per heavy atom. The third-order valence-corrected chi connectivity index (χ3v) is 5.39. The molecule has 1 N–H and O–H groups in total. The van der Waals surface area contributed by atoms with Crippen LogP contribution < -0.4 is 15.0 Å². The minimum atomic E-state index is -0.314. The van der Waals surface area contributed by atoms with Crippen LogP contribution in [0.25, 0.3) is 11.3 Å². The summed E-state index contributed by atoms with van der Waals surface area (Å²) < 4.78 is 24.9. The normalized spacial score (nSPS) is 13.9. The van der Waals surface area contributed by atoms with Gasteiger partial charge in [-0.15, -0.1) is 0 Å². The van der Waals surface area contributed by atoms with Gasteiger partial charge in [0.15, 0.2) is 11.7 Å². The van der Waals surface area contributed by atoms with Crippen LogP contribution in [0, 0.1) is 12.7 Å². The number of hydrogen-bond donors (Lipinski definition) is 1. The number of rotatable bonds is 5. The number of aryl methyl sites for hydroxylation is 1. The Kier molecular flexibility index (Phi) is 6.06. The van der Waals surface area contributed by atoms with Gasteiger partial charge in [-0.25, -0.2) is 14.2 Å². The van der Waals surface area contributed by atoms with E-state index >= 15 is 0 Å². The number of nitrogens with one attached hydrogen (secondary N) is 1. The molecular formula is C23H25FN4O3. The first-order valence-corrected chi connectivity index (χ1v) is 10.2. The molecule has 7 nitrogen and oxygen atoms in total.